The van der Waals surface area contributed by atoms with Gasteiger partial charge in [0.15, 0.2) is 0 Å². The van der Waals surface area contributed by atoms with Crippen molar-refractivity contribution in [2.45, 2.75) is 67.2 Å². The van der Waals surface area contributed by atoms with Gasteiger partial charge in [-0.3, -0.25) is 4.99 Å². The highest BCUT2D eigenvalue weighted by molar-refractivity contribution is 7.15. The molecule has 2 aromatic heterocycles. The number of anilines is 1. The number of benzene rings is 1. The van der Waals surface area contributed by atoms with Crippen molar-refractivity contribution in [3.8, 4) is 11.1 Å². The third-order valence-electron chi connectivity index (χ3n) is 4.33. The highest BCUT2D eigenvalue weighted by Gasteiger charge is 2.12. The van der Waals surface area contributed by atoms with Gasteiger partial charge in [-0.2, -0.15) is 0 Å². The molecule has 1 aromatic carbocycles. The van der Waals surface area contributed by atoms with Crippen LogP contribution in [-0.4, -0.2) is 27.0 Å². The maximum Gasteiger partial charge on any atom is 0.238 e. The molecule has 1 aliphatic carbocycles. The third-order valence-corrected chi connectivity index (χ3v) is 4.33. The van der Waals surface area contributed by atoms with Gasteiger partial charge in [0.05, 0.1) is 11.7 Å². The Morgan fingerprint density at radius 2 is 1.69 bits per heavy atom. The Morgan fingerprint density at radius 3 is 2.16 bits per heavy atom. The molecule has 1 fully saturated rings. The molecule has 0 spiro atoms. The molecule has 0 aliphatic heterocycles. The summed E-state index contributed by atoms with van der Waals surface area (Å²) < 4.78 is 16.0. The third kappa shape index (κ3) is 8.66. The van der Waals surface area contributed by atoms with E-state index in [0.29, 0.717) is 5.69 Å². The van der Waals surface area contributed by atoms with Crippen LogP contribution in [0.15, 0.2) is 35.6 Å². The Balaban J connectivity index is 0.000000429. The average Bonchev–Trinajstić information content (AvgIpc) is 3.07. The van der Waals surface area contributed by atoms with Gasteiger partial charge in [-0.1, -0.05) is 53.1 Å². The lowest BCUT2D eigenvalue weighted by atomic mass is 10.0. The molecule has 2 heterocycles. The lowest BCUT2D eigenvalue weighted by molar-refractivity contribution is 0.504. The van der Waals surface area contributed by atoms with E-state index in [1.165, 1.54) is 31.7 Å². The summed E-state index contributed by atoms with van der Waals surface area (Å²) in [6.45, 7) is 14.0. The van der Waals surface area contributed by atoms with Crippen molar-refractivity contribution >= 4 is 32.1 Å². The van der Waals surface area contributed by atoms with E-state index in [1.54, 1.807) is 16.9 Å². The highest BCUT2D eigenvalue weighted by Crippen LogP contribution is 2.32. The van der Waals surface area contributed by atoms with Gasteiger partial charge in [0.1, 0.15) is 11.5 Å². The summed E-state index contributed by atoms with van der Waals surface area (Å²) in [5, 5.41) is 4.09. The molecule has 7 heteroatoms. The molecule has 3 aromatic rings. The lowest BCUT2D eigenvalue weighted by Crippen LogP contribution is -1.99. The van der Waals surface area contributed by atoms with Crippen LogP contribution in [0.25, 0.3) is 16.6 Å². The van der Waals surface area contributed by atoms with Crippen LogP contribution in [0.2, 0.25) is 0 Å². The number of aromatic nitrogens is 3. The quantitative estimate of drug-likeness (QED) is 0.324. The summed E-state index contributed by atoms with van der Waals surface area (Å²) in [6, 6.07) is 5.27. The number of hydrogen-bond acceptors (Lipinski definition) is 4. The number of aryl methyl sites for hydroxylation is 1. The summed E-state index contributed by atoms with van der Waals surface area (Å²) in [4.78, 5) is 8.25. The molecule has 1 unspecified atom stereocenters. The van der Waals surface area contributed by atoms with Crippen molar-refractivity contribution in [3.05, 3.63) is 42.0 Å². The lowest BCUT2D eigenvalue weighted by Gasteiger charge is -2.07. The second kappa shape index (κ2) is 13.9. The topological polar surface area (TPSA) is 68.6 Å². The number of nitrogens with zero attached hydrogens (tertiary/aromatic N) is 4. The van der Waals surface area contributed by atoms with Gasteiger partial charge in [-0.05, 0) is 56.0 Å². The van der Waals surface area contributed by atoms with Gasteiger partial charge < -0.3 is 5.73 Å². The van der Waals surface area contributed by atoms with E-state index < -0.39 is 0 Å². The number of nitrogens with two attached hydrogens (primary N) is 1. The molecule has 4 rings (SSSR count). The monoisotopic (exact) mass is 459 g/mol. The summed E-state index contributed by atoms with van der Waals surface area (Å²) in [5.41, 5.74) is 9.94. The minimum absolute atomic E-state index is 0.195. The number of fused-ring (bicyclic) bond motifs is 1. The van der Waals surface area contributed by atoms with Crippen molar-refractivity contribution in [2.75, 3.05) is 12.4 Å². The van der Waals surface area contributed by atoms with Crippen LogP contribution < -0.4 is 5.73 Å². The number of halogens is 1. The van der Waals surface area contributed by atoms with Crippen molar-refractivity contribution in [1.29, 1.82) is 0 Å². The maximum absolute atomic E-state index is 14.4. The number of rotatable bonds is 2. The predicted molar refractivity (Wildman–Crippen MR) is 141 cm³/mol. The van der Waals surface area contributed by atoms with Gasteiger partial charge >= 0.3 is 0 Å². The fourth-order valence-electron chi connectivity index (χ4n) is 2.66. The Hall–Kier alpha value is -2.33. The zero-order valence-corrected chi connectivity index (χ0v) is 21.8. The minimum Gasteiger partial charge on any atom is -0.367 e. The van der Waals surface area contributed by atoms with E-state index in [1.807, 2.05) is 39.6 Å². The number of nitrogen functional groups attached to an aromatic ring is 1. The molecular weight excluding hydrogens is 420 g/mol. The van der Waals surface area contributed by atoms with E-state index in [4.69, 9.17) is 5.73 Å². The number of aliphatic imine (C=N–C) groups is 1. The summed E-state index contributed by atoms with van der Waals surface area (Å²) in [5.74, 6) is 0.687. The molecule has 5 nitrogen and oxygen atoms in total. The Labute approximate surface area is 195 Å². The Morgan fingerprint density at radius 1 is 1.12 bits per heavy atom. The molecule has 0 radical (unpaired) electrons. The molecule has 2 N–H and O–H groups in total. The fourth-order valence-corrected chi connectivity index (χ4v) is 2.66. The van der Waals surface area contributed by atoms with Crippen LogP contribution >= 0.6 is 9.24 Å². The molecule has 32 heavy (non-hydrogen) atoms. The minimum atomic E-state index is -0.341. The van der Waals surface area contributed by atoms with E-state index in [2.05, 4.69) is 45.1 Å². The van der Waals surface area contributed by atoms with E-state index in [0.717, 1.165) is 33.8 Å². The van der Waals surface area contributed by atoms with E-state index in [-0.39, 0.29) is 11.8 Å². The van der Waals surface area contributed by atoms with Crippen LogP contribution in [0.4, 0.5) is 16.0 Å². The fraction of sp³-hybridized carbons (Fsp3) is 0.480. The number of hydrogen-bond donors (Lipinski definition) is 1. The molecule has 1 aliphatic rings. The predicted octanol–water partition coefficient (Wildman–Crippen LogP) is 7.25. The van der Waals surface area contributed by atoms with Crippen molar-refractivity contribution in [1.82, 2.24) is 14.6 Å². The van der Waals surface area contributed by atoms with Gasteiger partial charge in [-0.25, -0.2) is 13.9 Å². The SMILES string of the molecule is C1CCC1.CC(C)=Nc1c(C)cc(-c2ccn3nc(N)ncc23)cc1F.CC(C)C.CP. The first-order valence-corrected chi connectivity index (χ1v) is 12.3. The standard InChI is InChI=1S/C16H16FN5.C4H8.C4H10.CH5P/c1-9(2)20-15-10(3)6-11(7-13(15)17)12-4-5-22-14(12)8-19-16(18)21-22;1-2-4-3-1;1-4(2)3;1-2/h4-8H,1-3H3,(H2,18,21);1-4H2;4H,1-3H3;2H2,1H3. The Bertz CT molecular complexity index is 973. The van der Waals surface area contributed by atoms with Crippen LogP contribution in [0.5, 0.6) is 0 Å². The van der Waals surface area contributed by atoms with Gasteiger partial charge in [0.2, 0.25) is 5.95 Å². The van der Waals surface area contributed by atoms with Gasteiger partial charge in [0.25, 0.3) is 0 Å². The second-order valence-electron chi connectivity index (χ2n) is 8.50. The molecule has 1 atom stereocenters. The molecule has 0 amide bonds. The van der Waals surface area contributed by atoms with Crippen LogP contribution in [0.1, 0.15) is 65.9 Å². The smallest absolute Gasteiger partial charge is 0.238 e. The summed E-state index contributed by atoms with van der Waals surface area (Å²) >= 11 is 0. The molecule has 1 saturated carbocycles. The van der Waals surface area contributed by atoms with Crippen molar-refractivity contribution < 1.29 is 4.39 Å². The van der Waals surface area contributed by atoms with Crippen LogP contribution in [-0.2, 0) is 0 Å². The summed E-state index contributed by atoms with van der Waals surface area (Å²) in [7, 11) is 2.42. The van der Waals surface area contributed by atoms with Gasteiger partial charge in [-0.15, -0.1) is 14.3 Å². The van der Waals surface area contributed by atoms with Crippen molar-refractivity contribution in [2.24, 2.45) is 10.9 Å². The average molecular weight is 460 g/mol. The van der Waals surface area contributed by atoms with Crippen LogP contribution in [0.3, 0.4) is 0 Å². The Kier molecular flexibility index (Phi) is 12.1. The van der Waals surface area contributed by atoms with E-state index in [9.17, 15) is 4.39 Å². The molecule has 176 valence electrons. The zero-order valence-electron chi connectivity index (χ0n) is 20.6. The first-order valence-electron chi connectivity index (χ1n) is 11.2. The van der Waals surface area contributed by atoms with E-state index >= 15 is 0 Å². The van der Waals surface area contributed by atoms with Crippen molar-refractivity contribution in [3.63, 3.8) is 0 Å². The molecule has 0 saturated heterocycles. The normalized spacial score (nSPS) is 11.8. The molecular formula is C25H39FN5P. The largest absolute Gasteiger partial charge is 0.367 e. The van der Waals surface area contributed by atoms with Crippen LogP contribution in [0, 0.1) is 18.7 Å². The zero-order chi connectivity index (χ0) is 24.3. The maximum atomic E-state index is 14.4. The highest BCUT2D eigenvalue weighted by atomic mass is 31.0. The van der Waals surface area contributed by atoms with Gasteiger partial charge in [0, 0.05) is 17.5 Å². The first kappa shape index (κ1) is 27.7. The second-order valence-corrected chi connectivity index (χ2v) is 8.50. The summed E-state index contributed by atoms with van der Waals surface area (Å²) in [6.07, 6.45) is 9.41. The molecule has 0 bridgehead atoms. The first-order chi connectivity index (χ1) is 15.2.